The molecule has 0 aliphatic carbocycles. The molecule has 21 heavy (non-hydrogen) atoms. The van der Waals surface area contributed by atoms with Gasteiger partial charge in [0.25, 0.3) is 11.8 Å². The number of hydrogen-bond acceptors (Lipinski definition) is 3. The molecule has 0 unspecified atom stereocenters. The largest absolute Gasteiger partial charge is 0.343 e. The van der Waals surface area contributed by atoms with Crippen molar-refractivity contribution in [2.24, 2.45) is 0 Å². The maximum atomic E-state index is 11.8. The minimum atomic E-state index is -0.113. The average molecular weight is 300 g/mol. The quantitative estimate of drug-likeness (QED) is 0.636. The number of amides is 2. The number of thioether (sulfide) groups is 1. The summed E-state index contributed by atoms with van der Waals surface area (Å²) in [6, 6.07) is 18.1. The van der Waals surface area contributed by atoms with E-state index >= 15 is 0 Å². The van der Waals surface area contributed by atoms with Crippen molar-refractivity contribution < 1.29 is 9.59 Å². The van der Waals surface area contributed by atoms with Crippen LogP contribution < -0.4 is 10.6 Å². The molecule has 108 valence electrons. The van der Waals surface area contributed by atoms with Gasteiger partial charge in [0, 0.05) is 11.1 Å². The first kappa shape index (κ1) is 15.1. The molecule has 2 aromatic carbocycles. The van der Waals surface area contributed by atoms with Gasteiger partial charge in [-0.3, -0.25) is 9.59 Å². The Balaban J connectivity index is 1.64. The van der Waals surface area contributed by atoms with Crippen molar-refractivity contribution in [3.8, 4) is 0 Å². The Hall–Kier alpha value is -2.27. The van der Waals surface area contributed by atoms with Crippen LogP contribution in [-0.4, -0.2) is 23.6 Å². The lowest BCUT2D eigenvalue weighted by atomic mass is 10.2. The summed E-state index contributed by atoms with van der Waals surface area (Å²) in [5, 5.41) is 5.57. The molecule has 0 fully saturated rings. The SMILES string of the molecule is O=C(NCSCNC(=O)c1ccccc1)c1ccccc1. The summed E-state index contributed by atoms with van der Waals surface area (Å²) in [5.41, 5.74) is 1.26. The maximum Gasteiger partial charge on any atom is 0.251 e. The number of benzene rings is 2. The zero-order valence-electron chi connectivity index (χ0n) is 11.4. The van der Waals surface area contributed by atoms with Crippen LogP contribution in [0.3, 0.4) is 0 Å². The van der Waals surface area contributed by atoms with Crippen LogP contribution in [0.2, 0.25) is 0 Å². The van der Waals surface area contributed by atoms with Gasteiger partial charge >= 0.3 is 0 Å². The number of carbonyl (C=O) groups is 2. The lowest BCUT2D eigenvalue weighted by Gasteiger charge is -2.06. The molecule has 2 amide bonds. The minimum absolute atomic E-state index is 0.113. The average Bonchev–Trinajstić information content (AvgIpc) is 2.55. The number of hydrogen-bond donors (Lipinski definition) is 2. The standard InChI is InChI=1S/C16H16N2O2S/c19-15(13-7-3-1-4-8-13)17-11-21-12-18-16(20)14-9-5-2-6-10-14/h1-10H,11-12H2,(H,17,19)(H,18,20). The fourth-order valence-electron chi connectivity index (χ4n) is 1.67. The highest BCUT2D eigenvalue weighted by atomic mass is 32.2. The molecule has 0 aromatic heterocycles. The van der Waals surface area contributed by atoms with E-state index in [4.69, 9.17) is 0 Å². The van der Waals surface area contributed by atoms with Gasteiger partial charge < -0.3 is 10.6 Å². The second kappa shape index (κ2) is 8.11. The smallest absolute Gasteiger partial charge is 0.251 e. The number of rotatable bonds is 6. The molecule has 2 aromatic rings. The first-order valence-electron chi connectivity index (χ1n) is 6.51. The molecule has 0 spiro atoms. The zero-order valence-corrected chi connectivity index (χ0v) is 12.2. The molecule has 0 aliphatic rings. The minimum Gasteiger partial charge on any atom is -0.343 e. The van der Waals surface area contributed by atoms with Crippen LogP contribution >= 0.6 is 11.8 Å². The molecular formula is C16H16N2O2S. The monoisotopic (exact) mass is 300 g/mol. The Morgan fingerprint density at radius 2 is 1.10 bits per heavy atom. The fraction of sp³-hybridized carbons (Fsp3) is 0.125. The van der Waals surface area contributed by atoms with Crippen LogP contribution in [0.1, 0.15) is 20.7 Å². The van der Waals surface area contributed by atoms with Crippen molar-refractivity contribution in [1.29, 1.82) is 0 Å². The van der Waals surface area contributed by atoms with E-state index in [1.165, 1.54) is 11.8 Å². The van der Waals surface area contributed by atoms with Crippen molar-refractivity contribution in [1.82, 2.24) is 10.6 Å². The molecule has 2 N–H and O–H groups in total. The van der Waals surface area contributed by atoms with Crippen molar-refractivity contribution in [3.63, 3.8) is 0 Å². The Morgan fingerprint density at radius 3 is 1.48 bits per heavy atom. The molecule has 0 heterocycles. The van der Waals surface area contributed by atoms with E-state index in [-0.39, 0.29) is 11.8 Å². The summed E-state index contributed by atoms with van der Waals surface area (Å²) in [7, 11) is 0. The van der Waals surface area contributed by atoms with Crippen molar-refractivity contribution in [2.45, 2.75) is 0 Å². The molecule has 4 nitrogen and oxygen atoms in total. The van der Waals surface area contributed by atoms with E-state index in [1.54, 1.807) is 24.3 Å². The third-order valence-electron chi connectivity index (χ3n) is 2.74. The third kappa shape index (κ3) is 4.96. The first-order valence-corrected chi connectivity index (χ1v) is 7.67. The molecule has 2 rings (SSSR count). The van der Waals surface area contributed by atoms with Crippen LogP contribution in [-0.2, 0) is 0 Å². The number of nitrogens with one attached hydrogen (secondary N) is 2. The van der Waals surface area contributed by atoms with E-state index in [9.17, 15) is 9.59 Å². The molecular weight excluding hydrogens is 284 g/mol. The van der Waals surface area contributed by atoms with Crippen LogP contribution in [0.4, 0.5) is 0 Å². The van der Waals surface area contributed by atoms with Crippen LogP contribution in [0, 0.1) is 0 Å². The summed E-state index contributed by atoms with van der Waals surface area (Å²) in [4.78, 5) is 23.5. The highest BCUT2D eigenvalue weighted by molar-refractivity contribution is 7.99. The van der Waals surface area contributed by atoms with Crippen LogP contribution in [0.15, 0.2) is 60.7 Å². The summed E-state index contributed by atoms with van der Waals surface area (Å²) >= 11 is 1.44. The van der Waals surface area contributed by atoms with Crippen molar-refractivity contribution in [2.75, 3.05) is 11.8 Å². The summed E-state index contributed by atoms with van der Waals surface area (Å²) in [6.07, 6.45) is 0. The van der Waals surface area contributed by atoms with Gasteiger partial charge in [0.05, 0.1) is 11.8 Å². The normalized spacial score (nSPS) is 9.90. The molecule has 0 aliphatic heterocycles. The van der Waals surface area contributed by atoms with Gasteiger partial charge in [-0.1, -0.05) is 36.4 Å². The molecule has 0 saturated heterocycles. The van der Waals surface area contributed by atoms with E-state index in [0.717, 1.165) is 0 Å². The Labute approximate surface area is 127 Å². The third-order valence-corrected chi connectivity index (χ3v) is 3.44. The van der Waals surface area contributed by atoms with Gasteiger partial charge in [-0.15, -0.1) is 11.8 Å². The van der Waals surface area contributed by atoms with Gasteiger partial charge in [-0.2, -0.15) is 0 Å². The molecule has 0 saturated carbocycles. The van der Waals surface area contributed by atoms with E-state index < -0.39 is 0 Å². The summed E-state index contributed by atoms with van der Waals surface area (Å²) in [6.45, 7) is 0. The lowest BCUT2D eigenvalue weighted by molar-refractivity contribution is 0.0955. The molecule has 0 atom stereocenters. The van der Waals surface area contributed by atoms with Gasteiger partial charge in [0.15, 0.2) is 0 Å². The van der Waals surface area contributed by atoms with Crippen molar-refractivity contribution >= 4 is 23.6 Å². The summed E-state index contributed by atoms with van der Waals surface area (Å²) < 4.78 is 0. The first-order chi connectivity index (χ1) is 10.3. The second-order valence-electron chi connectivity index (χ2n) is 4.24. The number of carbonyl (C=O) groups excluding carboxylic acids is 2. The second-order valence-corrected chi connectivity index (χ2v) is 5.22. The van der Waals surface area contributed by atoms with Gasteiger partial charge in [-0.25, -0.2) is 0 Å². The highest BCUT2D eigenvalue weighted by Gasteiger charge is 2.05. The van der Waals surface area contributed by atoms with E-state index in [0.29, 0.717) is 22.9 Å². The Bertz CT molecular complexity index is 534. The van der Waals surface area contributed by atoms with E-state index in [1.807, 2.05) is 36.4 Å². The van der Waals surface area contributed by atoms with Crippen molar-refractivity contribution in [3.05, 3.63) is 71.8 Å². The Kier molecular flexibility index (Phi) is 5.84. The van der Waals surface area contributed by atoms with Crippen LogP contribution in [0.25, 0.3) is 0 Å². The molecule has 5 heteroatoms. The van der Waals surface area contributed by atoms with Gasteiger partial charge in [-0.05, 0) is 24.3 Å². The predicted molar refractivity (Wildman–Crippen MR) is 85.1 cm³/mol. The topological polar surface area (TPSA) is 58.2 Å². The maximum absolute atomic E-state index is 11.8. The lowest BCUT2D eigenvalue weighted by Crippen LogP contribution is -2.26. The van der Waals surface area contributed by atoms with Gasteiger partial charge in [0.1, 0.15) is 0 Å². The van der Waals surface area contributed by atoms with E-state index in [2.05, 4.69) is 10.6 Å². The molecule has 0 radical (unpaired) electrons. The Morgan fingerprint density at radius 1 is 0.714 bits per heavy atom. The highest BCUT2D eigenvalue weighted by Crippen LogP contribution is 2.02. The predicted octanol–water partition coefficient (Wildman–Crippen LogP) is 2.49. The summed E-state index contributed by atoms with van der Waals surface area (Å²) in [5.74, 6) is 0.668. The zero-order chi connectivity index (χ0) is 14.9. The fourth-order valence-corrected chi connectivity index (χ4v) is 2.24. The van der Waals surface area contributed by atoms with Crippen LogP contribution in [0.5, 0.6) is 0 Å². The van der Waals surface area contributed by atoms with Gasteiger partial charge in [0.2, 0.25) is 0 Å². The molecule has 0 bridgehead atoms.